The summed E-state index contributed by atoms with van der Waals surface area (Å²) in [5, 5.41) is 0. The van der Waals surface area contributed by atoms with E-state index in [-0.39, 0.29) is 4.58 Å². The van der Waals surface area contributed by atoms with Crippen LogP contribution in [-0.2, 0) is 41.7 Å². The summed E-state index contributed by atoms with van der Waals surface area (Å²) < 4.78 is 23.2. The zero-order chi connectivity index (χ0) is 18.8. The molecule has 0 aliphatic rings. The lowest BCUT2D eigenvalue weighted by atomic mass is 10.2. The second-order valence-corrected chi connectivity index (χ2v) is 17.4. The highest BCUT2D eigenvalue weighted by molar-refractivity contribution is 8.76. The molecule has 0 aromatic heterocycles. The van der Waals surface area contributed by atoms with Crippen LogP contribution in [0.1, 0.15) is 37.8 Å². The molecule has 0 bridgehead atoms. The summed E-state index contributed by atoms with van der Waals surface area (Å²) in [4.78, 5) is 0. The molecule has 0 atom stereocenters. The molecule has 4 nitrogen and oxygen atoms in total. The third-order valence-electron chi connectivity index (χ3n) is 2.67. The van der Waals surface area contributed by atoms with Crippen LogP contribution in [0.15, 0.2) is 30.3 Å². The van der Waals surface area contributed by atoms with E-state index >= 15 is 0 Å². The van der Waals surface area contributed by atoms with E-state index in [1.54, 1.807) is 0 Å². The summed E-state index contributed by atoms with van der Waals surface area (Å²) in [6.45, 7) is 9.77. The topological polar surface area (TPSA) is 36.9 Å². The van der Waals surface area contributed by atoms with Gasteiger partial charge in [0.15, 0.2) is 0 Å². The summed E-state index contributed by atoms with van der Waals surface area (Å²) in [6, 6.07) is 10.1. The molecule has 0 unspecified atom stereocenters. The van der Waals surface area contributed by atoms with Gasteiger partial charge in [0.25, 0.3) is 0 Å². The first-order valence-electron chi connectivity index (χ1n) is 8.11. The first kappa shape index (κ1) is 24.1. The van der Waals surface area contributed by atoms with Crippen molar-refractivity contribution in [2.45, 2.75) is 32.3 Å². The molecule has 0 radical (unpaired) electrons. The van der Waals surface area contributed by atoms with Gasteiger partial charge in [-0.2, -0.15) is 0 Å². The summed E-state index contributed by atoms with van der Waals surface area (Å²) in [5.41, 5.74) is -3.85. The number of rotatable bonds is 13. The Bertz CT molecular complexity index is 536. The van der Waals surface area contributed by atoms with Crippen LogP contribution in [0.25, 0.3) is 0 Å². The third kappa shape index (κ3) is 8.73. The highest BCUT2D eigenvalue weighted by Crippen LogP contribution is 2.75. The first-order chi connectivity index (χ1) is 11.9. The Morgan fingerprint density at radius 3 is 1.44 bits per heavy atom. The maximum atomic E-state index is 5.81. The lowest BCUT2D eigenvalue weighted by Crippen LogP contribution is -1.98. The predicted octanol–water partition coefficient (Wildman–Crippen LogP) is 6.75. The fourth-order valence-electron chi connectivity index (χ4n) is 1.81. The van der Waals surface area contributed by atoms with E-state index in [0.717, 1.165) is 5.56 Å². The lowest BCUT2D eigenvalue weighted by molar-refractivity contribution is 0.280. The van der Waals surface area contributed by atoms with Gasteiger partial charge in [-0.1, -0.05) is 53.1 Å². The van der Waals surface area contributed by atoms with Crippen molar-refractivity contribution in [2.24, 2.45) is 0 Å². The van der Waals surface area contributed by atoms with Crippen molar-refractivity contribution in [3.05, 3.63) is 35.9 Å². The van der Waals surface area contributed by atoms with Crippen LogP contribution >= 0.6 is 34.2 Å². The van der Waals surface area contributed by atoms with Crippen LogP contribution in [-0.4, -0.2) is 26.4 Å². The second kappa shape index (κ2) is 12.5. The van der Waals surface area contributed by atoms with Crippen LogP contribution in [0.2, 0.25) is 0 Å². The SMILES string of the molecule is CCOP(=S)(OCC)SC(SP(=S)(OCC)OCC)c1ccccc1. The summed E-state index contributed by atoms with van der Waals surface area (Å²) >= 11 is 14.5. The van der Waals surface area contributed by atoms with Crippen molar-refractivity contribution in [1.29, 1.82) is 0 Å². The van der Waals surface area contributed by atoms with E-state index in [2.05, 4.69) is 12.1 Å². The zero-order valence-electron chi connectivity index (χ0n) is 15.0. The minimum atomic E-state index is -2.48. The molecule has 10 heteroatoms. The first-order valence-corrected chi connectivity index (χ1v) is 16.4. The maximum Gasteiger partial charge on any atom is 0.248 e. The molecule has 0 N–H and O–H groups in total. The molecule has 0 aliphatic carbocycles. The fraction of sp³-hybridized carbons (Fsp3) is 0.600. The average Bonchev–Trinajstić information content (AvgIpc) is 2.56. The largest absolute Gasteiger partial charge is 0.322 e. The van der Waals surface area contributed by atoms with Gasteiger partial charge in [-0.25, -0.2) is 0 Å². The van der Waals surface area contributed by atoms with Gasteiger partial charge in [-0.15, -0.1) is 0 Å². The van der Waals surface area contributed by atoms with E-state index in [4.69, 9.17) is 41.7 Å². The molecule has 0 saturated carbocycles. The molecule has 0 aliphatic heterocycles. The molecular weight excluding hydrogens is 434 g/mol. The van der Waals surface area contributed by atoms with Crippen molar-refractivity contribution >= 4 is 57.8 Å². The zero-order valence-corrected chi connectivity index (χ0v) is 20.0. The lowest BCUT2D eigenvalue weighted by Gasteiger charge is -2.29. The van der Waals surface area contributed by atoms with Crippen molar-refractivity contribution in [2.75, 3.05) is 26.4 Å². The maximum absolute atomic E-state index is 5.81. The molecule has 144 valence electrons. The molecule has 0 spiro atoms. The van der Waals surface area contributed by atoms with Gasteiger partial charge in [0.05, 0.1) is 31.0 Å². The Morgan fingerprint density at radius 2 is 1.12 bits per heavy atom. The van der Waals surface area contributed by atoms with E-state index in [0.29, 0.717) is 26.4 Å². The summed E-state index contributed by atoms with van der Waals surface area (Å²) in [6.07, 6.45) is 0. The fourth-order valence-corrected chi connectivity index (χ4v) is 16.0. The number of hydrogen-bond donors (Lipinski definition) is 0. The van der Waals surface area contributed by atoms with Gasteiger partial charge in [0, 0.05) is 0 Å². The van der Waals surface area contributed by atoms with Crippen molar-refractivity contribution in [1.82, 2.24) is 0 Å². The standard InChI is InChI=1S/C15H26O4P2S4/c1-5-16-20(22,17-6-2)24-15(14-12-10-9-11-13-14)25-21(23,18-7-3)19-8-4/h9-13,15H,5-8H2,1-4H3. The monoisotopic (exact) mass is 460 g/mol. The molecule has 1 aromatic rings. The van der Waals surface area contributed by atoms with Gasteiger partial charge in [-0.3, -0.25) is 0 Å². The highest BCUT2D eigenvalue weighted by atomic mass is 32.9. The Kier molecular flexibility index (Phi) is 12.1. The average molecular weight is 461 g/mol. The Morgan fingerprint density at radius 1 is 0.760 bits per heavy atom. The molecule has 1 aromatic carbocycles. The highest BCUT2D eigenvalue weighted by Gasteiger charge is 2.32. The smallest absolute Gasteiger partial charge is 0.248 e. The quantitative estimate of drug-likeness (QED) is 0.236. The molecular formula is C15H26O4P2S4. The van der Waals surface area contributed by atoms with E-state index in [1.807, 2.05) is 45.9 Å². The predicted molar refractivity (Wildman–Crippen MR) is 119 cm³/mol. The van der Waals surface area contributed by atoms with Gasteiger partial charge in [0.2, 0.25) is 11.4 Å². The Labute approximate surface area is 169 Å². The minimum Gasteiger partial charge on any atom is -0.322 e. The van der Waals surface area contributed by atoms with Crippen molar-refractivity contribution < 1.29 is 18.1 Å². The normalized spacial score (nSPS) is 12.7. The van der Waals surface area contributed by atoms with E-state index < -0.39 is 11.4 Å². The summed E-state index contributed by atoms with van der Waals surface area (Å²) in [5.74, 6) is 0. The minimum absolute atomic E-state index is 0.0749. The van der Waals surface area contributed by atoms with Crippen LogP contribution < -0.4 is 0 Å². The van der Waals surface area contributed by atoms with Crippen molar-refractivity contribution in [3.8, 4) is 0 Å². The third-order valence-corrected chi connectivity index (χ3v) is 14.7. The van der Waals surface area contributed by atoms with E-state index in [1.165, 1.54) is 22.8 Å². The van der Waals surface area contributed by atoms with Gasteiger partial charge in [0.1, 0.15) is 0 Å². The van der Waals surface area contributed by atoms with Crippen LogP contribution in [0.4, 0.5) is 0 Å². The molecule has 0 heterocycles. The molecule has 0 saturated heterocycles. The van der Waals surface area contributed by atoms with E-state index in [9.17, 15) is 0 Å². The van der Waals surface area contributed by atoms with Crippen LogP contribution in [0.3, 0.4) is 0 Å². The van der Waals surface area contributed by atoms with Gasteiger partial charge < -0.3 is 18.1 Å². The summed E-state index contributed by atoms with van der Waals surface area (Å²) in [7, 11) is 0. The Hall–Kier alpha value is 1.06. The number of benzene rings is 1. The van der Waals surface area contributed by atoms with Gasteiger partial charge >= 0.3 is 0 Å². The van der Waals surface area contributed by atoms with Gasteiger partial charge in [-0.05, 0) is 56.9 Å². The second-order valence-electron chi connectivity index (χ2n) is 4.52. The Balaban J connectivity index is 3.12. The van der Waals surface area contributed by atoms with Crippen LogP contribution in [0.5, 0.6) is 0 Å². The van der Waals surface area contributed by atoms with Crippen molar-refractivity contribution in [3.63, 3.8) is 0 Å². The molecule has 25 heavy (non-hydrogen) atoms. The van der Waals surface area contributed by atoms with Crippen LogP contribution in [0, 0.1) is 0 Å². The molecule has 0 fully saturated rings. The molecule has 1 rings (SSSR count). The number of hydrogen-bond acceptors (Lipinski definition) is 8. The molecule has 0 amide bonds.